The molecule has 0 aliphatic heterocycles. The van der Waals surface area contributed by atoms with Gasteiger partial charge < -0.3 is 5.73 Å². The van der Waals surface area contributed by atoms with Crippen molar-refractivity contribution in [2.75, 3.05) is 5.73 Å². The lowest BCUT2D eigenvalue weighted by Crippen LogP contribution is -1.82. The summed E-state index contributed by atoms with van der Waals surface area (Å²) in [5.41, 5.74) is 5.69. The van der Waals surface area contributed by atoms with Gasteiger partial charge in [-0.25, -0.2) is 8.78 Å². The van der Waals surface area contributed by atoms with Crippen LogP contribution in [-0.4, -0.2) is 0 Å². The number of anilines is 1. The zero-order chi connectivity index (χ0) is 10.3. The Morgan fingerprint density at radius 3 is 2.71 bits per heavy atom. The third-order valence-electron chi connectivity index (χ3n) is 1.93. The van der Waals surface area contributed by atoms with Crippen LogP contribution < -0.4 is 5.73 Å². The smallest absolute Gasteiger partial charge is 0.263 e. The first-order valence-electron chi connectivity index (χ1n) is 3.85. The molecule has 0 aliphatic rings. The first kappa shape index (κ1) is 9.86. The van der Waals surface area contributed by atoms with Crippen LogP contribution in [-0.2, 0) is 0 Å². The normalized spacial score (nSPS) is 11.4. The van der Waals surface area contributed by atoms with Crippen LogP contribution in [0.15, 0.2) is 22.7 Å². The van der Waals surface area contributed by atoms with Crippen LogP contribution in [0.1, 0.15) is 12.0 Å². The van der Waals surface area contributed by atoms with Crippen molar-refractivity contribution in [3.8, 4) is 0 Å². The maximum atomic E-state index is 12.4. The molecule has 0 saturated heterocycles. The molecule has 1 aromatic heterocycles. The average molecular weight is 278 g/mol. The first-order valence-corrected chi connectivity index (χ1v) is 5.46. The standard InChI is InChI=1S/C9H6BrF2NS/c10-7-5-3-4(8(11)12)1-2-6(5)14-9(7)13/h1-3,8H,13H2. The Balaban J connectivity index is 2.69. The van der Waals surface area contributed by atoms with E-state index in [4.69, 9.17) is 5.73 Å². The van der Waals surface area contributed by atoms with E-state index in [0.29, 0.717) is 9.47 Å². The number of nitrogen functional groups attached to an aromatic ring is 1. The Hall–Kier alpha value is -0.680. The Morgan fingerprint density at radius 2 is 2.07 bits per heavy atom. The Labute approximate surface area is 91.7 Å². The highest BCUT2D eigenvalue weighted by Crippen LogP contribution is 2.39. The summed E-state index contributed by atoms with van der Waals surface area (Å²) < 4.78 is 26.4. The Morgan fingerprint density at radius 1 is 1.36 bits per heavy atom. The summed E-state index contributed by atoms with van der Waals surface area (Å²) in [6.45, 7) is 0. The summed E-state index contributed by atoms with van der Waals surface area (Å²) in [6, 6.07) is 4.56. The number of thiophene rings is 1. The quantitative estimate of drug-likeness (QED) is 0.831. The van der Waals surface area contributed by atoms with Crippen LogP contribution in [0.4, 0.5) is 13.8 Å². The molecule has 1 nitrogen and oxygen atoms in total. The monoisotopic (exact) mass is 277 g/mol. The van der Waals surface area contributed by atoms with E-state index in [1.165, 1.54) is 23.5 Å². The van der Waals surface area contributed by atoms with E-state index in [2.05, 4.69) is 15.9 Å². The molecule has 2 rings (SSSR count). The predicted octanol–water partition coefficient (Wildman–Crippen LogP) is 4.18. The largest absolute Gasteiger partial charge is 0.390 e. The van der Waals surface area contributed by atoms with E-state index >= 15 is 0 Å². The van der Waals surface area contributed by atoms with Crippen molar-refractivity contribution in [1.82, 2.24) is 0 Å². The van der Waals surface area contributed by atoms with Gasteiger partial charge in [-0.1, -0.05) is 6.07 Å². The van der Waals surface area contributed by atoms with Crippen LogP contribution in [0, 0.1) is 0 Å². The second kappa shape index (κ2) is 3.47. The number of hydrogen-bond acceptors (Lipinski definition) is 2. The number of benzene rings is 1. The van der Waals surface area contributed by atoms with E-state index in [1.54, 1.807) is 6.07 Å². The van der Waals surface area contributed by atoms with Gasteiger partial charge in [0.1, 0.15) is 5.00 Å². The molecule has 0 aliphatic carbocycles. The van der Waals surface area contributed by atoms with Crippen LogP contribution >= 0.6 is 27.3 Å². The van der Waals surface area contributed by atoms with E-state index in [9.17, 15) is 8.78 Å². The van der Waals surface area contributed by atoms with Gasteiger partial charge in [0.05, 0.1) is 4.47 Å². The molecule has 1 heterocycles. The molecule has 0 radical (unpaired) electrons. The predicted molar refractivity (Wildman–Crippen MR) is 58.9 cm³/mol. The highest BCUT2D eigenvalue weighted by molar-refractivity contribution is 9.10. The SMILES string of the molecule is Nc1sc2ccc(C(F)F)cc2c1Br. The lowest BCUT2D eigenvalue weighted by molar-refractivity contribution is 0.151. The van der Waals surface area contributed by atoms with Crippen LogP contribution in [0.5, 0.6) is 0 Å². The van der Waals surface area contributed by atoms with Crippen molar-refractivity contribution in [3.63, 3.8) is 0 Å². The fourth-order valence-electron chi connectivity index (χ4n) is 1.24. The van der Waals surface area contributed by atoms with Gasteiger partial charge >= 0.3 is 0 Å². The van der Waals surface area contributed by atoms with Gasteiger partial charge in [0, 0.05) is 15.6 Å². The topological polar surface area (TPSA) is 26.0 Å². The van der Waals surface area contributed by atoms with Gasteiger partial charge in [-0.3, -0.25) is 0 Å². The molecule has 0 spiro atoms. The molecule has 0 fully saturated rings. The number of halogens is 3. The van der Waals surface area contributed by atoms with Gasteiger partial charge in [0.15, 0.2) is 0 Å². The molecule has 0 saturated carbocycles. The fraction of sp³-hybridized carbons (Fsp3) is 0.111. The fourth-order valence-corrected chi connectivity index (χ4v) is 2.79. The average Bonchev–Trinajstić information content (AvgIpc) is 2.43. The number of hydrogen-bond donors (Lipinski definition) is 1. The number of fused-ring (bicyclic) bond motifs is 1. The lowest BCUT2D eigenvalue weighted by Gasteiger charge is -1.98. The molecule has 1 aromatic carbocycles. The molecule has 14 heavy (non-hydrogen) atoms. The molecule has 0 bridgehead atoms. The summed E-state index contributed by atoms with van der Waals surface area (Å²) in [6.07, 6.45) is -2.44. The van der Waals surface area contributed by atoms with E-state index < -0.39 is 6.43 Å². The van der Waals surface area contributed by atoms with E-state index in [-0.39, 0.29) is 5.56 Å². The van der Waals surface area contributed by atoms with Crippen molar-refractivity contribution < 1.29 is 8.78 Å². The molecule has 2 aromatic rings. The third kappa shape index (κ3) is 1.50. The summed E-state index contributed by atoms with van der Waals surface area (Å²) in [5, 5.41) is 1.37. The highest BCUT2D eigenvalue weighted by Gasteiger charge is 2.11. The van der Waals surface area contributed by atoms with Gasteiger partial charge in [-0.2, -0.15) is 0 Å². The number of rotatable bonds is 1. The molecule has 0 atom stereocenters. The van der Waals surface area contributed by atoms with Crippen LogP contribution in [0.3, 0.4) is 0 Å². The second-order valence-corrected chi connectivity index (χ2v) is 4.71. The maximum absolute atomic E-state index is 12.4. The van der Waals surface area contributed by atoms with Gasteiger partial charge in [-0.15, -0.1) is 11.3 Å². The molecule has 74 valence electrons. The third-order valence-corrected chi connectivity index (χ3v) is 4.05. The zero-order valence-electron chi connectivity index (χ0n) is 6.93. The summed E-state index contributed by atoms with van der Waals surface area (Å²) in [4.78, 5) is 0. The Bertz CT molecular complexity index is 481. The van der Waals surface area contributed by atoms with Gasteiger partial charge in [0.2, 0.25) is 0 Å². The second-order valence-electron chi connectivity index (χ2n) is 2.84. The van der Waals surface area contributed by atoms with Crippen molar-refractivity contribution in [1.29, 1.82) is 0 Å². The number of alkyl halides is 2. The highest BCUT2D eigenvalue weighted by atomic mass is 79.9. The van der Waals surface area contributed by atoms with Crippen molar-refractivity contribution in [2.24, 2.45) is 0 Å². The molecule has 2 N–H and O–H groups in total. The first-order chi connectivity index (χ1) is 6.59. The molecule has 5 heteroatoms. The molecular weight excluding hydrogens is 272 g/mol. The zero-order valence-corrected chi connectivity index (χ0v) is 9.33. The van der Waals surface area contributed by atoms with E-state index in [1.807, 2.05) is 0 Å². The minimum atomic E-state index is -2.44. The minimum absolute atomic E-state index is 0.0241. The maximum Gasteiger partial charge on any atom is 0.263 e. The summed E-state index contributed by atoms with van der Waals surface area (Å²) in [5.74, 6) is 0. The summed E-state index contributed by atoms with van der Waals surface area (Å²) in [7, 11) is 0. The molecule has 0 amide bonds. The van der Waals surface area contributed by atoms with Gasteiger partial charge in [0.25, 0.3) is 6.43 Å². The molecular formula is C9H6BrF2NS. The Kier molecular flexibility index (Phi) is 2.45. The number of nitrogens with two attached hydrogens (primary N) is 1. The van der Waals surface area contributed by atoms with Crippen LogP contribution in [0.25, 0.3) is 10.1 Å². The van der Waals surface area contributed by atoms with Crippen molar-refractivity contribution >= 4 is 42.4 Å². The van der Waals surface area contributed by atoms with Crippen molar-refractivity contribution in [2.45, 2.75) is 6.43 Å². The molecule has 0 unspecified atom stereocenters. The van der Waals surface area contributed by atoms with Crippen LogP contribution in [0.2, 0.25) is 0 Å². The summed E-state index contributed by atoms with van der Waals surface area (Å²) >= 11 is 4.66. The minimum Gasteiger partial charge on any atom is -0.390 e. The lowest BCUT2D eigenvalue weighted by atomic mass is 10.2. The van der Waals surface area contributed by atoms with E-state index in [0.717, 1.165) is 10.1 Å². The van der Waals surface area contributed by atoms with Gasteiger partial charge in [-0.05, 0) is 28.1 Å². The van der Waals surface area contributed by atoms with Crippen molar-refractivity contribution in [3.05, 3.63) is 28.2 Å².